The molecule has 4 rings (SSSR count). The molecule has 192 valence electrons. The topological polar surface area (TPSA) is 106 Å². The van der Waals surface area contributed by atoms with Gasteiger partial charge in [-0.3, -0.25) is 9.59 Å². The van der Waals surface area contributed by atoms with Crippen molar-refractivity contribution in [2.45, 2.75) is 0 Å². The average Bonchev–Trinajstić information content (AvgIpc) is 2.92. The SMILES string of the molecule is COc1ccc(C(=O)NCC(=O)N/N=C/c2c(OC(=O)c3ccc(Cl)cc3Cl)ccc3ccccc23)cc1. The molecule has 0 bridgehead atoms. The number of hydrogen-bond acceptors (Lipinski definition) is 6. The lowest BCUT2D eigenvalue weighted by Gasteiger charge is -2.11. The van der Waals surface area contributed by atoms with E-state index in [0.717, 1.165) is 10.8 Å². The fraction of sp³-hybridized carbons (Fsp3) is 0.0714. The van der Waals surface area contributed by atoms with Crippen LogP contribution in [0, 0.1) is 0 Å². The summed E-state index contributed by atoms with van der Waals surface area (Å²) in [4.78, 5) is 37.3. The first-order chi connectivity index (χ1) is 18.4. The largest absolute Gasteiger partial charge is 0.497 e. The number of ether oxygens (including phenoxy) is 2. The molecule has 0 heterocycles. The van der Waals surface area contributed by atoms with Crippen LogP contribution in [0.5, 0.6) is 11.5 Å². The Morgan fingerprint density at radius 1 is 0.947 bits per heavy atom. The zero-order chi connectivity index (χ0) is 27.1. The van der Waals surface area contributed by atoms with Crippen LogP contribution in [0.3, 0.4) is 0 Å². The molecule has 38 heavy (non-hydrogen) atoms. The molecule has 0 spiro atoms. The van der Waals surface area contributed by atoms with Gasteiger partial charge in [-0.15, -0.1) is 0 Å². The van der Waals surface area contributed by atoms with Crippen molar-refractivity contribution in [3.63, 3.8) is 0 Å². The van der Waals surface area contributed by atoms with Crippen LogP contribution in [0.1, 0.15) is 26.3 Å². The van der Waals surface area contributed by atoms with Crippen molar-refractivity contribution in [2.75, 3.05) is 13.7 Å². The standard InChI is InChI=1S/C28H21Cl2N3O5/c1-37-20-10-6-18(7-11-20)27(35)31-16-26(34)33-32-15-23-21-5-3-2-4-17(21)8-13-25(23)38-28(36)22-12-9-19(29)14-24(22)30/h2-15H,16H2,1H3,(H,31,35)(H,33,34)/b32-15+. The van der Waals surface area contributed by atoms with Crippen LogP contribution in [-0.2, 0) is 4.79 Å². The molecule has 2 N–H and O–H groups in total. The van der Waals surface area contributed by atoms with Gasteiger partial charge in [-0.05, 0) is 59.3 Å². The van der Waals surface area contributed by atoms with Gasteiger partial charge in [-0.25, -0.2) is 10.2 Å². The van der Waals surface area contributed by atoms with E-state index < -0.39 is 17.8 Å². The molecule has 2 amide bonds. The Hall–Kier alpha value is -4.40. The van der Waals surface area contributed by atoms with Gasteiger partial charge in [0.25, 0.3) is 11.8 Å². The van der Waals surface area contributed by atoms with Crippen molar-refractivity contribution in [1.82, 2.24) is 10.7 Å². The van der Waals surface area contributed by atoms with Crippen LogP contribution < -0.4 is 20.2 Å². The molecule has 0 saturated heterocycles. The number of fused-ring (bicyclic) bond motifs is 1. The Morgan fingerprint density at radius 3 is 2.45 bits per heavy atom. The first kappa shape index (κ1) is 26.7. The highest BCUT2D eigenvalue weighted by Gasteiger charge is 2.16. The number of nitrogens with one attached hydrogen (secondary N) is 2. The van der Waals surface area contributed by atoms with Gasteiger partial charge in [-0.2, -0.15) is 5.10 Å². The molecule has 0 saturated carbocycles. The third-order valence-corrected chi connectivity index (χ3v) is 5.98. The lowest BCUT2D eigenvalue weighted by molar-refractivity contribution is -0.120. The summed E-state index contributed by atoms with van der Waals surface area (Å²) in [5.74, 6) is -0.818. The summed E-state index contributed by atoms with van der Waals surface area (Å²) in [5.41, 5.74) is 3.36. The molecule has 0 radical (unpaired) electrons. The highest BCUT2D eigenvalue weighted by Crippen LogP contribution is 2.29. The molecule has 0 aliphatic carbocycles. The van der Waals surface area contributed by atoms with Gasteiger partial charge < -0.3 is 14.8 Å². The highest BCUT2D eigenvalue weighted by atomic mass is 35.5. The number of rotatable bonds is 8. The summed E-state index contributed by atoms with van der Waals surface area (Å²) in [5, 5.41) is 8.69. The Kier molecular flexibility index (Phi) is 8.58. The summed E-state index contributed by atoms with van der Waals surface area (Å²) < 4.78 is 10.7. The number of esters is 1. The number of amides is 2. The van der Waals surface area contributed by atoms with Crippen LogP contribution in [0.15, 0.2) is 84.0 Å². The van der Waals surface area contributed by atoms with E-state index in [-0.39, 0.29) is 22.9 Å². The maximum Gasteiger partial charge on any atom is 0.345 e. The van der Waals surface area contributed by atoms with E-state index in [2.05, 4.69) is 15.8 Å². The van der Waals surface area contributed by atoms with Crippen molar-refractivity contribution in [1.29, 1.82) is 0 Å². The van der Waals surface area contributed by atoms with E-state index in [0.29, 0.717) is 21.9 Å². The van der Waals surface area contributed by atoms with E-state index in [1.165, 1.54) is 31.5 Å². The van der Waals surface area contributed by atoms with E-state index in [4.69, 9.17) is 32.7 Å². The number of halogens is 2. The molecule has 0 unspecified atom stereocenters. The third kappa shape index (κ3) is 6.47. The second-order valence-corrected chi connectivity index (χ2v) is 8.76. The Morgan fingerprint density at radius 2 is 1.71 bits per heavy atom. The minimum Gasteiger partial charge on any atom is -0.497 e. The van der Waals surface area contributed by atoms with Crippen molar-refractivity contribution >= 4 is 58.0 Å². The van der Waals surface area contributed by atoms with Crippen LogP contribution >= 0.6 is 23.2 Å². The molecule has 4 aromatic rings. The zero-order valence-electron chi connectivity index (χ0n) is 20.0. The van der Waals surface area contributed by atoms with Crippen LogP contribution in [0.25, 0.3) is 10.8 Å². The summed E-state index contributed by atoms with van der Waals surface area (Å²) >= 11 is 12.1. The second-order valence-electron chi connectivity index (χ2n) is 7.92. The van der Waals surface area contributed by atoms with E-state index in [9.17, 15) is 14.4 Å². The molecular formula is C28H21Cl2N3O5. The number of carbonyl (C=O) groups is 3. The van der Waals surface area contributed by atoms with Gasteiger partial charge in [0.05, 0.1) is 30.5 Å². The van der Waals surface area contributed by atoms with E-state index >= 15 is 0 Å². The van der Waals surface area contributed by atoms with Gasteiger partial charge in [0, 0.05) is 16.1 Å². The van der Waals surface area contributed by atoms with Gasteiger partial charge in [0.1, 0.15) is 11.5 Å². The minimum atomic E-state index is -0.679. The average molecular weight is 550 g/mol. The van der Waals surface area contributed by atoms with Gasteiger partial charge >= 0.3 is 5.97 Å². The van der Waals surface area contributed by atoms with Gasteiger partial charge in [-0.1, -0.05) is 53.5 Å². The molecule has 0 aromatic heterocycles. The maximum absolute atomic E-state index is 12.8. The molecule has 4 aromatic carbocycles. The van der Waals surface area contributed by atoms with E-state index in [1.807, 2.05) is 24.3 Å². The smallest absolute Gasteiger partial charge is 0.345 e. The van der Waals surface area contributed by atoms with E-state index in [1.54, 1.807) is 36.4 Å². The highest BCUT2D eigenvalue weighted by molar-refractivity contribution is 6.36. The monoisotopic (exact) mass is 549 g/mol. The second kappa shape index (κ2) is 12.2. The van der Waals surface area contributed by atoms with Crippen LogP contribution in [-0.4, -0.2) is 37.7 Å². The summed E-state index contributed by atoms with van der Waals surface area (Å²) in [6, 6.07) is 21.8. The molecule has 0 atom stereocenters. The van der Waals surface area contributed by atoms with Crippen LogP contribution in [0.2, 0.25) is 10.0 Å². The van der Waals surface area contributed by atoms with Crippen molar-refractivity contribution < 1.29 is 23.9 Å². The molecular weight excluding hydrogens is 529 g/mol. The summed E-state index contributed by atoms with van der Waals surface area (Å²) in [7, 11) is 1.53. The summed E-state index contributed by atoms with van der Waals surface area (Å²) in [6.07, 6.45) is 1.37. The normalized spacial score (nSPS) is 10.8. The number of methoxy groups -OCH3 is 1. The molecule has 0 aliphatic rings. The Balaban J connectivity index is 1.46. The fourth-order valence-corrected chi connectivity index (χ4v) is 4.01. The predicted octanol–water partition coefficient (Wildman–Crippen LogP) is 5.25. The minimum absolute atomic E-state index is 0.146. The predicted molar refractivity (Wildman–Crippen MR) is 146 cm³/mol. The maximum atomic E-state index is 12.8. The number of carbonyl (C=O) groups excluding carboxylic acids is 3. The van der Waals surface area contributed by atoms with Crippen LogP contribution in [0.4, 0.5) is 0 Å². The van der Waals surface area contributed by atoms with Gasteiger partial charge in [0.15, 0.2) is 0 Å². The number of hydrazone groups is 1. The van der Waals surface area contributed by atoms with Crippen molar-refractivity contribution in [3.8, 4) is 11.5 Å². The summed E-state index contributed by atoms with van der Waals surface area (Å²) in [6.45, 7) is -0.297. The van der Waals surface area contributed by atoms with Gasteiger partial charge in [0.2, 0.25) is 0 Å². The lowest BCUT2D eigenvalue weighted by atomic mass is 10.0. The fourth-order valence-electron chi connectivity index (χ4n) is 3.52. The number of hydrogen-bond donors (Lipinski definition) is 2. The molecule has 10 heteroatoms. The Bertz CT molecular complexity index is 1540. The molecule has 0 fully saturated rings. The number of benzene rings is 4. The molecule has 8 nitrogen and oxygen atoms in total. The third-order valence-electron chi connectivity index (χ3n) is 5.43. The zero-order valence-corrected chi connectivity index (χ0v) is 21.5. The quantitative estimate of drug-likeness (QED) is 0.135. The van der Waals surface area contributed by atoms with Crippen molar-refractivity contribution in [2.24, 2.45) is 5.10 Å². The first-order valence-electron chi connectivity index (χ1n) is 11.3. The Labute approximate surface area is 228 Å². The lowest BCUT2D eigenvalue weighted by Crippen LogP contribution is -2.34. The first-order valence-corrected chi connectivity index (χ1v) is 12.0. The number of nitrogens with zero attached hydrogens (tertiary/aromatic N) is 1. The molecule has 0 aliphatic heterocycles. The van der Waals surface area contributed by atoms with Crippen molar-refractivity contribution in [3.05, 3.63) is 106 Å².